The van der Waals surface area contributed by atoms with Crippen LogP contribution in [0.1, 0.15) is 40.5 Å². The van der Waals surface area contributed by atoms with E-state index in [1.807, 2.05) is 12.3 Å². The van der Waals surface area contributed by atoms with Crippen molar-refractivity contribution in [2.75, 3.05) is 30.0 Å². The van der Waals surface area contributed by atoms with E-state index in [4.69, 9.17) is 0 Å². The Balaban J connectivity index is 2.65. The number of nitrogens with zero attached hydrogens (tertiary/aromatic N) is 2. The van der Waals surface area contributed by atoms with Crippen molar-refractivity contribution in [3.05, 3.63) is 6.07 Å². The molecular formula is C14H26N4S. The van der Waals surface area contributed by atoms with E-state index in [0.717, 1.165) is 42.7 Å². The SMILES string of the molecule is CCCNc1cc(NCCC(C)(C)C)nc(SC)n1. The summed E-state index contributed by atoms with van der Waals surface area (Å²) in [5, 5.41) is 7.50. The Labute approximate surface area is 121 Å². The van der Waals surface area contributed by atoms with Crippen LogP contribution >= 0.6 is 11.8 Å². The molecule has 0 aliphatic rings. The Morgan fingerprint density at radius 2 is 1.68 bits per heavy atom. The number of hydrogen-bond donors (Lipinski definition) is 2. The zero-order chi connectivity index (χ0) is 14.3. The molecule has 0 unspecified atom stereocenters. The first-order chi connectivity index (χ1) is 8.94. The third kappa shape index (κ3) is 6.66. The largest absolute Gasteiger partial charge is 0.370 e. The van der Waals surface area contributed by atoms with Gasteiger partial charge in [0.2, 0.25) is 0 Å². The van der Waals surface area contributed by atoms with Crippen LogP contribution in [-0.4, -0.2) is 29.3 Å². The average molecular weight is 282 g/mol. The summed E-state index contributed by atoms with van der Waals surface area (Å²) in [5.74, 6) is 1.81. The quantitative estimate of drug-likeness (QED) is 0.587. The molecule has 0 amide bonds. The molecule has 0 saturated carbocycles. The summed E-state index contributed by atoms with van der Waals surface area (Å²) >= 11 is 1.57. The summed E-state index contributed by atoms with van der Waals surface area (Å²) in [6.07, 6.45) is 4.20. The number of hydrogen-bond acceptors (Lipinski definition) is 5. The fourth-order valence-electron chi connectivity index (χ4n) is 1.52. The summed E-state index contributed by atoms with van der Waals surface area (Å²) in [6.45, 7) is 10.8. The first-order valence-corrected chi connectivity index (χ1v) is 8.08. The zero-order valence-corrected chi connectivity index (χ0v) is 13.5. The predicted molar refractivity (Wildman–Crippen MR) is 85.2 cm³/mol. The molecule has 0 aromatic carbocycles. The predicted octanol–water partition coefficient (Wildman–Crippen LogP) is 3.87. The zero-order valence-electron chi connectivity index (χ0n) is 12.7. The third-order valence-corrected chi connectivity index (χ3v) is 3.17. The summed E-state index contributed by atoms with van der Waals surface area (Å²) in [6, 6.07) is 1.98. The Morgan fingerprint density at radius 1 is 1.11 bits per heavy atom. The van der Waals surface area contributed by atoms with Crippen LogP contribution < -0.4 is 10.6 Å². The standard InChI is InChI=1S/C14H26N4S/c1-6-8-15-11-10-12(18-13(17-11)19-5)16-9-7-14(2,3)4/h10H,6-9H2,1-5H3,(H2,15,16,17,18). The number of anilines is 2. The molecule has 0 spiro atoms. The lowest BCUT2D eigenvalue weighted by molar-refractivity contribution is 0.389. The van der Waals surface area contributed by atoms with Gasteiger partial charge in [-0.05, 0) is 24.5 Å². The second-order valence-electron chi connectivity index (χ2n) is 5.79. The molecule has 1 aromatic heterocycles. The van der Waals surface area contributed by atoms with Crippen molar-refractivity contribution >= 4 is 23.4 Å². The molecule has 1 aromatic rings. The first-order valence-electron chi connectivity index (χ1n) is 6.85. The van der Waals surface area contributed by atoms with Gasteiger partial charge in [0, 0.05) is 19.2 Å². The number of nitrogens with one attached hydrogen (secondary N) is 2. The molecule has 2 N–H and O–H groups in total. The molecule has 0 atom stereocenters. The molecule has 4 nitrogen and oxygen atoms in total. The lowest BCUT2D eigenvalue weighted by atomic mass is 9.92. The topological polar surface area (TPSA) is 49.8 Å². The monoisotopic (exact) mass is 282 g/mol. The van der Waals surface area contributed by atoms with Gasteiger partial charge in [0.15, 0.2) is 5.16 Å². The summed E-state index contributed by atoms with van der Waals surface area (Å²) in [5.41, 5.74) is 0.339. The van der Waals surface area contributed by atoms with Crippen molar-refractivity contribution in [2.45, 2.75) is 45.7 Å². The van der Waals surface area contributed by atoms with Gasteiger partial charge in [-0.2, -0.15) is 0 Å². The number of thioether (sulfide) groups is 1. The maximum Gasteiger partial charge on any atom is 0.191 e. The van der Waals surface area contributed by atoms with Crippen LogP contribution in [-0.2, 0) is 0 Å². The highest BCUT2D eigenvalue weighted by atomic mass is 32.2. The minimum atomic E-state index is 0.339. The lowest BCUT2D eigenvalue weighted by Gasteiger charge is -2.18. The first kappa shape index (κ1) is 16.1. The average Bonchev–Trinajstić information content (AvgIpc) is 2.34. The highest BCUT2D eigenvalue weighted by Crippen LogP contribution is 2.20. The van der Waals surface area contributed by atoms with Crippen LogP contribution in [0, 0.1) is 5.41 Å². The number of aromatic nitrogens is 2. The highest BCUT2D eigenvalue weighted by Gasteiger charge is 2.10. The Bertz CT molecular complexity index is 388. The van der Waals surface area contributed by atoms with Crippen LogP contribution in [0.15, 0.2) is 11.2 Å². The second kappa shape index (κ2) is 7.58. The molecule has 5 heteroatoms. The lowest BCUT2D eigenvalue weighted by Crippen LogP contribution is -2.14. The molecule has 0 saturated heterocycles. The summed E-state index contributed by atoms with van der Waals surface area (Å²) < 4.78 is 0. The Hall–Kier alpha value is -0.970. The van der Waals surface area contributed by atoms with Crippen LogP contribution in [0.2, 0.25) is 0 Å². The van der Waals surface area contributed by atoms with E-state index in [-0.39, 0.29) is 0 Å². The van der Waals surface area contributed by atoms with Crippen LogP contribution in [0.5, 0.6) is 0 Å². The van der Waals surface area contributed by atoms with E-state index >= 15 is 0 Å². The molecule has 1 heterocycles. The van der Waals surface area contributed by atoms with Crippen molar-refractivity contribution in [1.29, 1.82) is 0 Å². The minimum Gasteiger partial charge on any atom is -0.370 e. The van der Waals surface area contributed by atoms with E-state index in [1.54, 1.807) is 11.8 Å². The molecule has 0 fully saturated rings. The second-order valence-corrected chi connectivity index (χ2v) is 6.56. The molecule has 19 heavy (non-hydrogen) atoms. The van der Waals surface area contributed by atoms with Gasteiger partial charge < -0.3 is 10.6 Å². The molecule has 0 bridgehead atoms. The highest BCUT2D eigenvalue weighted by molar-refractivity contribution is 7.98. The molecule has 0 aliphatic carbocycles. The summed E-state index contributed by atoms with van der Waals surface area (Å²) in [4.78, 5) is 8.93. The van der Waals surface area contributed by atoms with Gasteiger partial charge in [0.25, 0.3) is 0 Å². The Morgan fingerprint density at radius 3 is 2.16 bits per heavy atom. The minimum absolute atomic E-state index is 0.339. The normalized spacial score (nSPS) is 11.4. The van der Waals surface area contributed by atoms with Gasteiger partial charge in [-0.15, -0.1) is 0 Å². The van der Waals surface area contributed by atoms with E-state index in [2.05, 4.69) is 48.3 Å². The number of rotatable bonds is 7. The van der Waals surface area contributed by atoms with E-state index in [0.29, 0.717) is 5.41 Å². The van der Waals surface area contributed by atoms with Gasteiger partial charge in [0.1, 0.15) is 11.6 Å². The smallest absolute Gasteiger partial charge is 0.191 e. The summed E-state index contributed by atoms with van der Waals surface area (Å²) in [7, 11) is 0. The van der Waals surface area contributed by atoms with E-state index in [1.165, 1.54) is 0 Å². The van der Waals surface area contributed by atoms with Crippen molar-refractivity contribution in [2.24, 2.45) is 5.41 Å². The molecular weight excluding hydrogens is 256 g/mol. The van der Waals surface area contributed by atoms with Crippen molar-refractivity contribution in [3.63, 3.8) is 0 Å². The fraction of sp³-hybridized carbons (Fsp3) is 0.714. The fourth-order valence-corrected chi connectivity index (χ4v) is 1.90. The van der Waals surface area contributed by atoms with Crippen LogP contribution in [0.4, 0.5) is 11.6 Å². The van der Waals surface area contributed by atoms with Crippen LogP contribution in [0.25, 0.3) is 0 Å². The van der Waals surface area contributed by atoms with E-state index in [9.17, 15) is 0 Å². The van der Waals surface area contributed by atoms with Crippen molar-refractivity contribution < 1.29 is 0 Å². The van der Waals surface area contributed by atoms with Gasteiger partial charge in [-0.3, -0.25) is 0 Å². The van der Waals surface area contributed by atoms with Gasteiger partial charge in [0.05, 0.1) is 0 Å². The molecule has 1 rings (SSSR count). The maximum absolute atomic E-state index is 4.48. The Kier molecular flexibility index (Phi) is 6.42. The molecule has 0 radical (unpaired) electrons. The van der Waals surface area contributed by atoms with E-state index < -0.39 is 0 Å². The van der Waals surface area contributed by atoms with Crippen LogP contribution in [0.3, 0.4) is 0 Å². The van der Waals surface area contributed by atoms with Gasteiger partial charge in [-0.25, -0.2) is 9.97 Å². The maximum atomic E-state index is 4.48. The molecule has 0 aliphatic heterocycles. The van der Waals surface area contributed by atoms with Gasteiger partial charge in [-0.1, -0.05) is 39.5 Å². The van der Waals surface area contributed by atoms with Gasteiger partial charge >= 0.3 is 0 Å². The van der Waals surface area contributed by atoms with Crippen molar-refractivity contribution in [1.82, 2.24) is 9.97 Å². The third-order valence-electron chi connectivity index (χ3n) is 2.63. The molecule has 108 valence electrons. The van der Waals surface area contributed by atoms with Crippen molar-refractivity contribution in [3.8, 4) is 0 Å².